The Balaban J connectivity index is 1.89. The van der Waals surface area contributed by atoms with Crippen molar-refractivity contribution in [3.05, 3.63) is 29.8 Å². The lowest BCUT2D eigenvalue weighted by atomic mass is 10.1. The number of anilines is 1. The van der Waals surface area contributed by atoms with Crippen LogP contribution in [0.1, 0.15) is 31.7 Å². The highest BCUT2D eigenvalue weighted by Gasteiger charge is 2.22. The molecule has 108 valence electrons. The summed E-state index contributed by atoms with van der Waals surface area (Å²) in [6.45, 7) is 2.19. The molecule has 1 aromatic carbocycles. The van der Waals surface area contributed by atoms with Crippen molar-refractivity contribution in [3.8, 4) is 0 Å². The Hall–Kier alpha value is -2.04. The summed E-state index contributed by atoms with van der Waals surface area (Å²) in [4.78, 5) is 22.5. The van der Waals surface area contributed by atoms with Gasteiger partial charge in [0, 0.05) is 11.7 Å². The molecule has 5 nitrogen and oxygen atoms in total. The molecule has 1 saturated carbocycles. The molecule has 1 aliphatic rings. The van der Waals surface area contributed by atoms with Gasteiger partial charge in [-0.3, -0.25) is 4.79 Å². The van der Waals surface area contributed by atoms with E-state index in [4.69, 9.17) is 5.11 Å². The maximum Gasteiger partial charge on any atom is 0.319 e. The summed E-state index contributed by atoms with van der Waals surface area (Å²) in [5, 5.41) is 14.5. The number of aliphatic carboxylic acids is 1. The number of benzene rings is 1. The van der Waals surface area contributed by atoms with Crippen molar-refractivity contribution in [1.29, 1.82) is 0 Å². The number of hydrogen-bond donors (Lipinski definition) is 3. The van der Waals surface area contributed by atoms with E-state index < -0.39 is 5.97 Å². The molecule has 0 heterocycles. The Morgan fingerprint density at radius 3 is 2.80 bits per heavy atom. The zero-order valence-electron chi connectivity index (χ0n) is 11.6. The lowest BCUT2D eigenvalue weighted by Crippen LogP contribution is -2.36. The SMILES string of the molecule is CC1CCC(NC(=O)Nc2cccc(CC(=O)O)c2)C1. The molecule has 5 heteroatoms. The van der Waals surface area contributed by atoms with Gasteiger partial charge in [-0.25, -0.2) is 4.79 Å². The van der Waals surface area contributed by atoms with Crippen LogP contribution in [-0.2, 0) is 11.2 Å². The third kappa shape index (κ3) is 4.26. The predicted octanol–water partition coefficient (Wildman–Crippen LogP) is 2.62. The van der Waals surface area contributed by atoms with E-state index in [1.807, 2.05) is 0 Å². The maximum atomic E-state index is 11.9. The van der Waals surface area contributed by atoms with E-state index in [1.54, 1.807) is 24.3 Å². The zero-order valence-corrected chi connectivity index (χ0v) is 11.6. The van der Waals surface area contributed by atoms with Gasteiger partial charge in [-0.2, -0.15) is 0 Å². The zero-order chi connectivity index (χ0) is 14.5. The summed E-state index contributed by atoms with van der Waals surface area (Å²) in [5.74, 6) is -0.217. The molecule has 0 bridgehead atoms. The summed E-state index contributed by atoms with van der Waals surface area (Å²) < 4.78 is 0. The van der Waals surface area contributed by atoms with Crippen LogP contribution in [0.15, 0.2) is 24.3 Å². The quantitative estimate of drug-likeness (QED) is 0.791. The highest BCUT2D eigenvalue weighted by atomic mass is 16.4. The van der Waals surface area contributed by atoms with Gasteiger partial charge in [0.05, 0.1) is 6.42 Å². The third-order valence-corrected chi connectivity index (χ3v) is 3.57. The Bertz CT molecular complexity index is 502. The molecule has 20 heavy (non-hydrogen) atoms. The van der Waals surface area contributed by atoms with Crippen molar-refractivity contribution < 1.29 is 14.7 Å². The van der Waals surface area contributed by atoms with Crippen LogP contribution in [-0.4, -0.2) is 23.1 Å². The van der Waals surface area contributed by atoms with E-state index in [0.29, 0.717) is 17.2 Å². The summed E-state index contributed by atoms with van der Waals surface area (Å²) in [7, 11) is 0. The van der Waals surface area contributed by atoms with Crippen molar-refractivity contribution >= 4 is 17.7 Å². The molecule has 0 saturated heterocycles. The van der Waals surface area contributed by atoms with Crippen LogP contribution in [0.25, 0.3) is 0 Å². The number of nitrogens with one attached hydrogen (secondary N) is 2. The summed E-state index contributed by atoms with van der Waals surface area (Å²) >= 11 is 0. The number of amides is 2. The first-order chi connectivity index (χ1) is 9.52. The van der Waals surface area contributed by atoms with Crippen molar-refractivity contribution in [2.75, 3.05) is 5.32 Å². The standard InChI is InChI=1S/C15H20N2O3/c1-10-5-6-13(7-10)17-15(20)16-12-4-2-3-11(8-12)9-14(18)19/h2-4,8,10,13H,5-7,9H2,1H3,(H,18,19)(H2,16,17,20). The lowest BCUT2D eigenvalue weighted by molar-refractivity contribution is -0.136. The smallest absolute Gasteiger partial charge is 0.319 e. The second-order valence-corrected chi connectivity index (χ2v) is 5.48. The summed E-state index contributed by atoms with van der Waals surface area (Å²) in [5.41, 5.74) is 1.29. The molecule has 0 radical (unpaired) electrons. The average molecular weight is 276 g/mol. The monoisotopic (exact) mass is 276 g/mol. The Morgan fingerprint density at radius 1 is 1.35 bits per heavy atom. The summed E-state index contributed by atoms with van der Waals surface area (Å²) in [6, 6.07) is 6.93. The predicted molar refractivity (Wildman–Crippen MR) is 76.7 cm³/mol. The van der Waals surface area contributed by atoms with Gasteiger partial charge < -0.3 is 15.7 Å². The van der Waals surface area contributed by atoms with E-state index in [9.17, 15) is 9.59 Å². The molecular formula is C15H20N2O3. The number of rotatable bonds is 4. The minimum atomic E-state index is -0.883. The van der Waals surface area contributed by atoms with Gasteiger partial charge in [0.1, 0.15) is 0 Å². The minimum Gasteiger partial charge on any atom is -0.481 e. The minimum absolute atomic E-state index is 0.0444. The normalized spacial score (nSPS) is 21.4. The van der Waals surface area contributed by atoms with Gasteiger partial charge in [-0.1, -0.05) is 19.1 Å². The molecule has 0 spiro atoms. The number of hydrogen-bond acceptors (Lipinski definition) is 2. The van der Waals surface area contributed by atoms with Crippen LogP contribution in [0.3, 0.4) is 0 Å². The van der Waals surface area contributed by atoms with E-state index in [1.165, 1.54) is 0 Å². The second kappa shape index (κ2) is 6.41. The number of urea groups is 1. The Morgan fingerprint density at radius 2 is 2.15 bits per heavy atom. The highest BCUT2D eigenvalue weighted by Crippen LogP contribution is 2.24. The van der Waals surface area contributed by atoms with Crippen LogP contribution >= 0.6 is 0 Å². The van der Waals surface area contributed by atoms with Crippen LogP contribution < -0.4 is 10.6 Å². The van der Waals surface area contributed by atoms with Crippen LogP contribution in [0, 0.1) is 5.92 Å². The third-order valence-electron chi connectivity index (χ3n) is 3.57. The van der Waals surface area contributed by atoms with Crippen LogP contribution in [0.2, 0.25) is 0 Å². The maximum absolute atomic E-state index is 11.9. The molecule has 1 aromatic rings. The molecule has 1 fully saturated rings. The fourth-order valence-corrected chi connectivity index (χ4v) is 2.62. The van der Waals surface area contributed by atoms with Crippen LogP contribution in [0.5, 0.6) is 0 Å². The van der Waals surface area contributed by atoms with E-state index >= 15 is 0 Å². The molecule has 3 N–H and O–H groups in total. The van der Waals surface area contributed by atoms with Crippen LogP contribution in [0.4, 0.5) is 10.5 Å². The molecule has 0 aromatic heterocycles. The molecule has 1 aliphatic carbocycles. The van der Waals surface area contributed by atoms with E-state index in [0.717, 1.165) is 19.3 Å². The van der Waals surface area contributed by atoms with Crippen molar-refractivity contribution in [2.24, 2.45) is 5.92 Å². The average Bonchev–Trinajstić information content (AvgIpc) is 2.74. The second-order valence-electron chi connectivity index (χ2n) is 5.48. The first-order valence-corrected chi connectivity index (χ1v) is 6.91. The van der Waals surface area contributed by atoms with Gasteiger partial charge >= 0.3 is 12.0 Å². The fourth-order valence-electron chi connectivity index (χ4n) is 2.62. The molecular weight excluding hydrogens is 256 g/mol. The van der Waals surface area contributed by atoms with E-state index in [2.05, 4.69) is 17.6 Å². The topological polar surface area (TPSA) is 78.4 Å². The largest absolute Gasteiger partial charge is 0.481 e. The number of carbonyl (C=O) groups excluding carboxylic acids is 1. The number of carboxylic acid groups (broad SMARTS) is 1. The van der Waals surface area contributed by atoms with Gasteiger partial charge in [0.25, 0.3) is 0 Å². The van der Waals surface area contributed by atoms with E-state index in [-0.39, 0.29) is 18.5 Å². The van der Waals surface area contributed by atoms with Gasteiger partial charge in [0.2, 0.25) is 0 Å². The summed E-state index contributed by atoms with van der Waals surface area (Å²) in [6.07, 6.45) is 3.15. The van der Waals surface area contributed by atoms with Gasteiger partial charge in [-0.05, 0) is 42.9 Å². The first-order valence-electron chi connectivity index (χ1n) is 6.91. The first kappa shape index (κ1) is 14.4. The van der Waals surface area contributed by atoms with Gasteiger partial charge in [-0.15, -0.1) is 0 Å². The number of carbonyl (C=O) groups is 2. The highest BCUT2D eigenvalue weighted by molar-refractivity contribution is 5.89. The number of carboxylic acids is 1. The molecule has 0 aliphatic heterocycles. The fraction of sp³-hybridized carbons (Fsp3) is 0.467. The van der Waals surface area contributed by atoms with Crippen molar-refractivity contribution in [1.82, 2.24) is 5.32 Å². The molecule has 2 atom stereocenters. The molecule has 2 unspecified atom stereocenters. The Kier molecular flexibility index (Phi) is 4.61. The van der Waals surface area contributed by atoms with Gasteiger partial charge in [0.15, 0.2) is 0 Å². The van der Waals surface area contributed by atoms with Crippen molar-refractivity contribution in [3.63, 3.8) is 0 Å². The van der Waals surface area contributed by atoms with Crippen molar-refractivity contribution in [2.45, 2.75) is 38.6 Å². The molecule has 2 rings (SSSR count). The Labute approximate surface area is 118 Å². The lowest BCUT2D eigenvalue weighted by Gasteiger charge is -2.13. The molecule has 2 amide bonds.